The van der Waals surface area contributed by atoms with Crippen molar-refractivity contribution in [1.82, 2.24) is 15.4 Å². The fraction of sp³-hybridized carbons (Fsp3) is 0.562. The minimum atomic E-state index is -3.65. The molecule has 0 spiro atoms. The van der Waals surface area contributed by atoms with E-state index in [-0.39, 0.29) is 48.4 Å². The first-order valence-corrected chi connectivity index (χ1v) is 9.55. The van der Waals surface area contributed by atoms with Gasteiger partial charge in [0.25, 0.3) is 5.91 Å². The summed E-state index contributed by atoms with van der Waals surface area (Å²) < 4.78 is 31.7. The second-order valence-corrected chi connectivity index (χ2v) is 7.65. The lowest BCUT2D eigenvalue weighted by atomic mass is 9.99. The van der Waals surface area contributed by atoms with E-state index >= 15 is 0 Å². The second-order valence-electron chi connectivity index (χ2n) is 5.88. The van der Waals surface area contributed by atoms with Crippen LogP contribution in [0.15, 0.2) is 29.2 Å². The van der Waals surface area contributed by atoms with Gasteiger partial charge in [0.2, 0.25) is 10.0 Å². The van der Waals surface area contributed by atoms with Crippen LogP contribution in [-0.4, -0.2) is 53.2 Å². The summed E-state index contributed by atoms with van der Waals surface area (Å²) in [6.07, 6.45) is 1.92. The lowest BCUT2D eigenvalue weighted by Gasteiger charge is -2.30. The molecule has 0 bridgehead atoms. The standard InChI is InChI=1S/C16H25N3O4S.ClH/c1-12-15(7-4-8-17-12)19-16(20)13-5-3-6-14(11-13)24(21,22)18-9-10-23-2;/h3,5-6,11-12,15,17-18H,4,7-10H2,1-2H3,(H,19,20);1H. The molecule has 1 amide bonds. The Balaban J connectivity index is 0.00000312. The van der Waals surface area contributed by atoms with Crippen LogP contribution < -0.4 is 15.4 Å². The van der Waals surface area contributed by atoms with Crippen LogP contribution in [0, 0.1) is 0 Å². The van der Waals surface area contributed by atoms with E-state index in [1.807, 2.05) is 6.92 Å². The van der Waals surface area contributed by atoms with Gasteiger partial charge >= 0.3 is 0 Å². The first-order chi connectivity index (χ1) is 11.4. The van der Waals surface area contributed by atoms with E-state index in [0.717, 1.165) is 19.4 Å². The lowest BCUT2D eigenvalue weighted by Crippen LogP contribution is -2.51. The number of halogens is 1. The summed E-state index contributed by atoms with van der Waals surface area (Å²) in [5.74, 6) is -0.260. The predicted octanol–water partition coefficient (Wildman–Crippen LogP) is 0.903. The van der Waals surface area contributed by atoms with Crippen LogP contribution in [-0.2, 0) is 14.8 Å². The van der Waals surface area contributed by atoms with E-state index < -0.39 is 10.0 Å². The number of rotatable bonds is 7. The fourth-order valence-corrected chi connectivity index (χ4v) is 3.72. The summed E-state index contributed by atoms with van der Waals surface area (Å²) in [6.45, 7) is 3.45. The third-order valence-electron chi connectivity index (χ3n) is 4.08. The van der Waals surface area contributed by atoms with Gasteiger partial charge < -0.3 is 15.4 Å². The number of sulfonamides is 1. The SMILES string of the molecule is COCCNS(=O)(=O)c1cccc(C(=O)NC2CCCNC2C)c1.Cl. The highest BCUT2D eigenvalue weighted by Gasteiger charge is 2.23. The molecule has 0 aliphatic carbocycles. The molecular weight excluding hydrogens is 366 g/mol. The van der Waals surface area contributed by atoms with Gasteiger partial charge in [-0.25, -0.2) is 13.1 Å². The van der Waals surface area contributed by atoms with Crippen molar-refractivity contribution >= 4 is 28.3 Å². The zero-order valence-electron chi connectivity index (χ0n) is 14.4. The van der Waals surface area contributed by atoms with E-state index in [4.69, 9.17) is 4.74 Å². The highest BCUT2D eigenvalue weighted by atomic mass is 35.5. The van der Waals surface area contributed by atoms with E-state index in [2.05, 4.69) is 15.4 Å². The minimum absolute atomic E-state index is 0. The molecule has 3 N–H and O–H groups in total. The monoisotopic (exact) mass is 391 g/mol. The van der Waals surface area contributed by atoms with Gasteiger partial charge in [-0.15, -0.1) is 12.4 Å². The zero-order valence-corrected chi connectivity index (χ0v) is 16.1. The maximum absolute atomic E-state index is 12.4. The van der Waals surface area contributed by atoms with Gasteiger partial charge in [0.05, 0.1) is 11.5 Å². The van der Waals surface area contributed by atoms with Crippen LogP contribution >= 0.6 is 12.4 Å². The van der Waals surface area contributed by atoms with Crippen molar-refractivity contribution in [2.24, 2.45) is 0 Å². The molecule has 0 aromatic heterocycles. The first kappa shape index (κ1) is 21.9. The van der Waals surface area contributed by atoms with Gasteiger partial charge in [0, 0.05) is 31.3 Å². The molecule has 25 heavy (non-hydrogen) atoms. The molecule has 1 aromatic carbocycles. The van der Waals surface area contributed by atoms with Crippen molar-refractivity contribution < 1.29 is 17.9 Å². The largest absolute Gasteiger partial charge is 0.383 e. The highest BCUT2D eigenvalue weighted by Crippen LogP contribution is 2.13. The summed E-state index contributed by atoms with van der Waals surface area (Å²) in [5.41, 5.74) is 0.336. The molecule has 1 fully saturated rings. The summed E-state index contributed by atoms with van der Waals surface area (Å²) >= 11 is 0. The Labute approximate surface area is 155 Å². The number of carbonyl (C=O) groups excluding carboxylic acids is 1. The molecule has 142 valence electrons. The number of amides is 1. The smallest absolute Gasteiger partial charge is 0.251 e. The summed E-state index contributed by atoms with van der Waals surface area (Å²) in [7, 11) is -2.15. The zero-order chi connectivity index (χ0) is 17.6. The number of carbonyl (C=O) groups is 1. The second kappa shape index (κ2) is 10.1. The fourth-order valence-electron chi connectivity index (χ4n) is 2.66. The first-order valence-electron chi connectivity index (χ1n) is 8.07. The third-order valence-corrected chi connectivity index (χ3v) is 5.54. The molecule has 9 heteroatoms. The van der Waals surface area contributed by atoms with Crippen molar-refractivity contribution in [3.63, 3.8) is 0 Å². The number of hydrogen-bond donors (Lipinski definition) is 3. The number of piperidine rings is 1. The highest BCUT2D eigenvalue weighted by molar-refractivity contribution is 7.89. The van der Waals surface area contributed by atoms with Gasteiger partial charge in [-0.05, 0) is 44.5 Å². The Morgan fingerprint density at radius 2 is 2.16 bits per heavy atom. The number of nitrogens with one attached hydrogen (secondary N) is 3. The van der Waals surface area contributed by atoms with Gasteiger partial charge in [-0.2, -0.15) is 0 Å². The van der Waals surface area contributed by atoms with Crippen molar-refractivity contribution in [2.75, 3.05) is 26.8 Å². The maximum atomic E-state index is 12.4. The molecule has 1 heterocycles. The molecule has 0 radical (unpaired) electrons. The van der Waals surface area contributed by atoms with E-state index in [0.29, 0.717) is 5.56 Å². The van der Waals surface area contributed by atoms with Gasteiger partial charge in [-0.1, -0.05) is 6.07 Å². The van der Waals surface area contributed by atoms with Gasteiger partial charge in [0.1, 0.15) is 0 Å². The van der Waals surface area contributed by atoms with Crippen molar-refractivity contribution in [1.29, 1.82) is 0 Å². The van der Waals surface area contributed by atoms with E-state index in [1.165, 1.54) is 19.2 Å². The number of hydrogen-bond acceptors (Lipinski definition) is 5. The Morgan fingerprint density at radius 1 is 1.40 bits per heavy atom. The third kappa shape index (κ3) is 6.23. The van der Waals surface area contributed by atoms with Crippen LogP contribution in [0.3, 0.4) is 0 Å². The summed E-state index contributed by atoms with van der Waals surface area (Å²) in [6, 6.07) is 6.30. The molecule has 1 aliphatic rings. The molecule has 1 saturated heterocycles. The number of ether oxygens (including phenoxy) is 1. The number of benzene rings is 1. The lowest BCUT2D eigenvalue weighted by molar-refractivity contribution is 0.0919. The molecular formula is C16H26ClN3O4S. The van der Waals surface area contributed by atoms with Crippen molar-refractivity contribution in [2.45, 2.75) is 36.7 Å². The summed E-state index contributed by atoms with van der Waals surface area (Å²) in [4.78, 5) is 12.5. The average molecular weight is 392 g/mol. The van der Waals surface area contributed by atoms with E-state index in [9.17, 15) is 13.2 Å². The molecule has 2 rings (SSSR count). The van der Waals surface area contributed by atoms with Gasteiger partial charge in [-0.3, -0.25) is 4.79 Å². The Hall–Kier alpha value is -1.19. The molecule has 7 nitrogen and oxygen atoms in total. The normalized spacial score (nSPS) is 20.6. The summed E-state index contributed by atoms with van der Waals surface area (Å²) in [5, 5.41) is 6.30. The Morgan fingerprint density at radius 3 is 2.84 bits per heavy atom. The molecule has 1 aliphatic heterocycles. The van der Waals surface area contributed by atoms with Crippen LogP contribution in [0.2, 0.25) is 0 Å². The van der Waals surface area contributed by atoms with Crippen LogP contribution in [0.25, 0.3) is 0 Å². The number of methoxy groups -OCH3 is 1. The average Bonchev–Trinajstić information content (AvgIpc) is 2.57. The molecule has 2 atom stereocenters. The van der Waals surface area contributed by atoms with Crippen LogP contribution in [0.5, 0.6) is 0 Å². The molecule has 0 saturated carbocycles. The Kier molecular flexibility index (Phi) is 8.81. The van der Waals surface area contributed by atoms with Crippen LogP contribution in [0.4, 0.5) is 0 Å². The topological polar surface area (TPSA) is 96.5 Å². The van der Waals surface area contributed by atoms with E-state index in [1.54, 1.807) is 12.1 Å². The Bertz CT molecular complexity index is 669. The van der Waals surface area contributed by atoms with Crippen LogP contribution in [0.1, 0.15) is 30.1 Å². The van der Waals surface area contributed by atoms with Crippen molar-refractivity contribution in [3.8, 4) is 0 Å². The minimum Gasteiger partial charge on any atom is -0.383 e. The molecule has 1 aromatic rings. The van der Waals surface area contributed by atoms with Gasteiger partial charge in [0.15, 0.2) is 0 Å². The quantitative estimate of drug-likeness (QED) is 0.600. The predicted molar refractivity (Wildman–Crippen MR) is 98.7 cm³/mol. The van der Waals surface area contributed by atoms with Crippen molar-refractivity contribution in [3.05, 3.63) is 29.8 Å². The maximum Gasteiger partial charge on any atom is 0.251 e. The molecule has 2 unspecified atom stereocenters.